The van der Waals surface area contributed by atoms with Gasteiger partial charge in [0.25, 0.3) is 0 Å². The lowest BCUT2D eigenvalue weighted by Crippen LogP contribution is -2.25. The smallest absolute Gasteiger partial charge is 0.429 e. The van der Waals surface area contributed by atoms with Crippen molar-refractivity contribution in [1.29, 1.82) is 0 Å². The molecule has 1 heterocycles. The second kappa shape index (κ2) is 11.1. The average Bonchev–Trinajstić information content (AvgIpc) is 2.82. The maximum Gasteiger partial charge on any atom is 0.432 e. The normalized spacial score (nSPS) is 18.7. The molecule has 0 bridgehead atoms. The molecular formula is C28H23F9O2. The predicted octanol–water partition coefficient (Wildman–Crippen LogP) is 8.76. The van der Waals surface area contributed by atoms with Gasteiger partial charge in [-0.05, 0) is 66.5 Å². The molecule has 210 valence electrons. The molecule has 0 saturated carbocycles. The lowest BCUT2D eigenvalue weighted by Gasteiger charge is -2.29. The van der Waals surface area contributed by atoms with Crippen LogP contribution in [0.3, 0.4) is 0 Å². The molecular weight excluding hydrogens is 539 g/mol. The van der Waals surface area contributed by atoms with Crippen LogP contribution in [-0.4, -0.2) is 12.7 Å². The molecule has 11 heteroatoms. The monoisotopic (exact) mass is 562 g/mol. The van der Waals surface area contributed by atoms with E-state index in [2.05, 4.69) is 11.7 Å². The maximum absolute atomic E-state index is 15.0. The fourth-order valence-electron chi connectivity index (χ4n) is 4.59. The van der Waals surface area contributed by atoms with Crippen molar-refractivity contribution in [3.63, 3.8) is 0 Å². The molecule has 3 aromatic rings. The zero-order chi connectivity index (χ0) is 28.6. The van der Waals surface area contributed by atoms with Gasteiger partial charge < -0.3 is 9.47 Å². The van der Waals surface area contributed by atoms with Crippen LogP contribution in [0.2, 0.25) is 0 Å². The number of benzene rings is 3. The third-order valence-electron chi connectivity index (χ3n) is 6.67. The third-order valence-corrected chi connectivity index (χ3v) is 6.67. The number of hydrogen-bond donors (Lipinski definition) is 0. The Labute approximate surface area is 218 Å². The van der Waals surface area contributed by atoms with Gasteiger partial charge in [-0.3, -0.25) is 0 Å². The van der Waals surface area contributed by atoms with Crippen molar-refractivity contribution in [2.45, 2.75) is 51.2 Å². The summed E-state index contributed by atoms with van der Waals surface area (Å²) in [6.45, 7) is 4.40. The van der Waals surface area contributed by atoms with Gasteiger partial charge in [0.2, 0.25) is 0 Å². The molecule has 0 spiro atoms. The SMILES string of the molecule is CC1CCC(CC(C)c2cc(F)c(-c3cc(F)c(C(F)(F)Oc4cc(F)c(F)c(F)c4)c(F)c3)c(F)c2)OC1. The second-order valence-electron chi connectivity index (χ2n) is 9.77. The summed E-state index contributed by atoms with van der Waals surface area (Å²) in [5.41, 5.74) is -3.25. The Hall–Kier alpha value is -3.21. The van der Waals surface area contributed by atoms with Crippen molar-refractivity contribution in [2.24, 2.45) is 5.92 Å². The first kappa shape index (κ1) is 28.8. The molecule has 4 rings (SSSR count). The molecule has 0 aromatic heterocycles. The lowest BCUT2D eigenvalue weighted by atomic mass is 9.89. The Morgan fingerprint density at radius 2 is 1.38 bits per heavy atom. The van der Waals surface area contributed by atoms with E-state index in [1.54, 1.807) is 6.92 Å². The first-order chi connectivity index (χ1) is 18.3. The van der Waals surface area contributed by atoms with Gasteiger partial charge >= 0.3 is 6.11 Å². The van der Waals surface area contributed by atoms with E-state index in [4.69, 9.17) is 4.74 Å². The van der Waals surface area contributed by atoms with Gasteiger partial charge in [0.1, 0.15) is 34.6 Å². The van der Waals surface area contributed by atoms with Crippen molar-refractivity contribution in [2.75, 3.05) is 6.61 Å². The van der Waals surface area contributed by atoms with E-state index in [9.17, 15) is 39.5 Å². The topological polar surface area (TPSA) is 18.5 Å². The second-order valence-corrected chi connectivity index (χ2v) is 9.77. The van der Waals surface area contributed by atoms with Gasteiger partial charge in [0.15, 0.2) is 17.5 Å². The third kappa shape index (κ3) is 6.18. The Bertz CT molecular complexity index is 1300. The highest BCUT2D eigenvalue weighted by molar-refractivity contribution is 5.66. The molecule has 0 radical (unpaired) electrons. The van der Waals surface area contributed by atoms with Crippen LogP contribution in [0, 0.1) is 46.6 Å². The fourth-order valence-corrected chi connectivity index (χ4v) is 4.59. The molecule has 0 amide bonds. The van der Waals surface area contributed by atoms with Crippen molar-refractivity contribution >= 4 is 0 Å². The fraction of sp³-hybridized carbons (Fsp3) is 0.357. The summed E-state index contributed by atoms with van der Waals surface area (Å²) in [4.78, 5) is 0. The van der Waals surface area contributed by atoms with E-state index in [0.717, 1.165) is 25.0 Å². The van der Waals surface area contributed by atoms with E-state index in [1.807, 2.05) is 0 Å². The van der Waals surface area contributed by atoms with Crippen LogP contribution in [0.25, 0.3) is 11.1 Å². The molecule has 1 aliphatic rings. The number of alkyl halides is 2. The largest absolute Gasteiger partial charge is 0.432 e. The summed E-state index contributed by atoms with van der Waals surface area (Å²) in [7, 11) is 0. The van der Waals surface area contributed by atoms with E-state index < -0.39 is 69.3 Å². The Morgan fingerprint density at radius 1 is 0.821 bits per heavy atom. The molecule has 3 aromatic carbocycles. The summed E-state index contributed by atoms with van der Waals surface area (Å²) >= 11 is 0. The van der Waals surface area contributed by atoms with Gasteiger partial charge in [0.05, 0.1) is 11.7 Å². The van der Waals surface area contributed by atoms with Crippen molar-refractivity contribution in [1.82, 2.24) is 0 Å². The van der Waals surface area contributed by atoms with Gasteiger partial charge in [-0.2, -0.15) is 8.78 Å². The predicted molar refractivity (Wildman–Crippen MR) is 124 cm³/mol. The molecule has 39 heavy (non-hydrogen) atoms. The highest BCUT2D eigenvalue weighted by Gasteiger charge is 2.42. The minimum Gasteiger partial charge on any atom is -0.429 e. The van der Waals surface area contributed by atoms with Crippen LogP contribution in [-0.2, 0) is 10.8 Å². The van der Waals surface area contributed by atoms with E-state index in [1.165, 1.54) is 0 Å². The Balaban J connectivity index is 1.60. The highest BCUT2D eigenvalue weighted by atomic mass is 19.3. The summed E-state index contributed by atoms with van der Waals surface area (Å²) in [5.74, 6) is -13.1. The van der Waals surface area contributed by atoms with Crippen molar-refractivity contribution < 1.29 is 49.0 Å². The number of ether oxygens (including phenoxy) is 2. The summed E-state index contributed by atoms with van der Waals surface area (Å²) in [5, 5.41) is 0. The number of rotatable bonds is 7. The van der Waals surface area contributed by atoms with Crippen LogP contribution in [0.5, 0.6) is 5.75 Å². The molecule has 1 aliphatic heterocycles. The zero-order valence-corrected chi connectivity index (χ0v) is 20.7. The van der Waals surface area contributed by atoms with Crippen LogP contribution in [0.1, 0.15) is 50.2 Å². The van der Waals surface area contributed by atoms with E-state index in [0.29, 0.717) is 18.9 Å². The van der Waals surface area contributed by atoms with E-state index in [-0.39, 0.29) is 41.9 Å². The first-order valence-electron chi connectivity index (χ1n) is 12.1. The van der Waals surface area contributed by atoms with Crippen LogP contribution in [0.4, 0.5) is 39.5 Å². The van der Waals surface area contributed by atoms with Crippen LogP contribution in [0.15, 0.2) is 36.4 Å². The summed E-state index contributed by atoms with van der Waals surface area (Å²) in [6, 6.07) is 2.70. The molecule has 1 saturated heterocycles. The lowest BCUT2D eigenvalue weighted by molar-refractivity contribution is -0.189. The Kier molecular flexibility index (Phi) is 8.20. The molecule has 0 N–H and O–H groups in total. The standard InChI is InChI=1S/C28H23F9O2/c1-13-3-4-17(38-12-13)5-14(2)15-6-19(29)25(20(30)7-15)16-8-21(31)26(22(32)9-16)28(36,37)39-18-10-23(33)27(35)24(34)11-18/h6-11,13-14,17H,3-5,12H2,1-2H3. The van der Waals surface area contributed by atoms with Gasteiger partial charge in [-0.1, -0.05) is 13.8 Å². The number of hydrogen-bond acceptors (Lipinski definition) is 2. The zero-order valence-electron chi connectivity index (χ0n) is 20.7. The minimum atomic E-state index is -4.83. The van der Waals surface area contributed by atoms with Gasteiger partial charge in [-0.25, -0.2) is 30.7 Å². The van der Waals surface area contributed by atoms with Crippen molar-refractivity contribution in [3.05, 3.63) is 88.2 Å². The molecule has 3 atom stereocenters. The van der Waals surface area contributed by atoms with E-state index >= 15 is 0 Å². The summed E-state index contributed by atoms with van der Waals surface area (Å²) < 4.78 is 138. The molecule has 2 nitrogen and oxygen atoms in total. The maximum atomic E-state index is 15.0. The van der Waals surface area contributed by atoms with Gasteiger partial charge in [-0.15, -0.1) is 0 Å². The van der Waals surface area contributed by atoms with Gasteiger partial charge in [0, 0.05) is 18.7 Å². The average molecular weight is 562 g/mol. The van der Waals surface area contributed by atoms with Crippen LogP contribution >= 0.6 is 0 Å². The van der Waals surface area contributed by atoms with Crippen molar-refractivity contribution in [3.8, 4) is 16.9 Å². The quantitative estimate of drug-likeness (QED) is 0.212. The first-order valence-corrected chi connectivity index (χ1v) is 12.1. The van der Waals surface area contributed by atoms with Crippen LogP contribution < -0.4 is 4.74 Å². The molecule has 0 aliphatic carbocycles. The summed E-state index contributed by atoms with van der Waals surface area (Å²) in [6.07, 6.45) is -2.64. The Morgan fingerprint density at radius 3 is 1.90 bits per heavy atom. The minimum absolute atomic E-state index is 0.0602. The molecule has 3 unspecified atom stereocenters. The molecule has 1 fully saturated rings. The number of halogens is 9. The highest BCUT2D eigenvalue weighted by Crippen LogP contribution is 2.39.